The van der Waals surface area contributed by atoms with Crippen LogP contribution in [-0.2, 0) is 4.79 Å². The average Bonchev–Trinajstić information content (AvgIpc) is 2.64. The number of rotatable bonds is 4. The van der Waals surface area contributed by atoms with Crippen LogP contribution in [0.3, 0.4) is 0 Å². The minimum Gasteiger partial charge on any atom is -0.369 e. The van der Waals surface area contributed by atoms with Crippen LogP contribution in [0.5, 0.6) is 0 Å². The summed E-state index contributed by atoms with van der Waals surface area (Å²) in [6.45, 7) is 3.64. The van der Waals surface area contributed by atoms with E-state index < -0.39 is 0 Å². The molecule has 0 radical (unpaired) electrons. The van der Waals surface area contributed by atoms with Crippen molar-refractivity contribution in [2.75, 3.05) is 45.2 Å². The minimum atomic E-state index is -0.195. The number of likely N-dealkylation sites (N-methyl/N-ethyl adjacent to an activating group) is 1. The van der Waals surface area contributed by atoms with Crippen LogP contribution in [0.4, 0.5) is 5.69 Å². The van der Waals surface area contributed by atoms with E-state index in [1.54, 1.807) is 4.90 Å². The van der Waals surface area contributed by atoms with E-state index in [2.05, 4.69) is 46.2 Å². The number of nitrogens with zero attached hydrogens (tertiary/aromatic N) is 3. The van der Waals surface area contributed by atoms with Gasteiger partial charge in [0, 0.05) is 46.0 Å². The number of para-hydroxylation sites is 1. The van der Waals surface area contributed by atoms with E-state index in [1.807, 2.05) is 38.4 Å². The van der Waals surface area contributed by atoms with Crippen LogP contribution in [-0.4, -0.2) is 56.0 Å². The lowest BCUT2D eigenvalue weighted by atomic mass is 10.0. The Balaban J connectivity index is 1.75. The maximum absolute atomic E-state index is 12.8. The number of carbonyl (C=O) groups excluding carboxylic acids is 1. The quantitative estimate of drug-likeness (QED) is 0.865. The van der Waals surface area contributed by atoms with Crippen molar-refractivity contribution in [1.82, 2.24) is 9.80 Å². The molecule has 24 heavy (non-hydrogen) atoms. The fourth-order valence-corrected chi connectivity index (χ4v) is 3.27. The van der Waals surface area contributed by atoms with Gasteiger partial charge in [0.05, 0.1) is 0 Å². The number of benzene rings is 2. The molecule has 1 aliphatic heterocycles. The van der Waals surface area contributed by atoms with Crippen molar-refractivity contribution in [2.24, 2.45) is 0 Å². The summed E-state index contributed by atoms with van der Waals surface area (Å²) >= 11 is 0. The molecule has 1 fully saturated rings. The van der Waals surface area contributed by atoms with Crippen LogP contribution in [0.25, 0.3) is 0 Å². The third-order valence-electron chi connectivity index (χ3n) is 4.59. The SMILES string of the molecule is CN(C)C(=O)C(c1ccccc1)N1CCN(c2ccccc2)CC1. The second kappa shape index (κ2) is 7.49. The summed E-state index contributed by atoms with van der Waals surface area (Å²) in [5, 5.41) is 0. The number of piperazine rings is 1. The zero-order chi connectivity index (χ0) is 16.9. The summed E-state index contributed by atoms with van der Waals surface area (Å²) < 4.78 is 0. The largest absolute Gasteiger partial charge is 0.369 e. The molecule has 0 bridgehead atoms. The molecular weight excluding hydrogens is 298 g/mol. The molecule has 1 aliphatic rings. The molecule has 1 saturated heterocycles. The van der Waals surface area contributed by atoms with Gasteiger partial charge in [-0.15, -0.1) is 0 Å². The van der Waals surface area contributed by atoms with Crippen LogP contribution < -0.4 is 4.90 Å². The molecule has 1 unspecified atom stereocenters. The van der Waals surface area contributed by atoms with Gasteiger partial charge >= 0.3 is 0 Å². The Morgan fingerprint density at radius 1 is 0.875 bits per heavy atom. The standard InChI is InChI=1S/C20H25N3O/c1-21(2)20(24)19(17-9-5-3-6-10-17)23-15-13-22(14-16-23)18-11-7-4-8-12-18/h3-12,19H,13-16H2,1-2H3. The summed E-state index contributed by atoms with van der Waals surface area (Å²) in [7, 11) is 3.66. The van der Waals surface area contributed by atoms with Crippen molar-refractivity contribution < 1.29 is 4.79 Å². The number of hydrogen-bond acceptors (Lipinski definition) is 3. The van der Waals surface area contributed by atoms with Crippen molar-refractivity contribution in [3.63, 3.8) is 0 Å². The van der Waals surface area contributed by atoms with Gasteiger partial charge < -0.3 is 9.80 Å². The number of carbonyl (C=O) groups is 1. The van der Waals surface area contributed by atoms with Gasteiger partial charge in [-0.2, -0.15) is 0 Å². The second-order valence-corrected chi connectivity index (χ2v) is 6.40. The zero-order valence-corrected chi connectivity index (χ0v) is 14.4. The fourth-order valence-electron chi connectivity index (χ4n) is 3.27. The molecule has 0 N–H and O–H groups in total. The van der Waals surface area contributed by atoms with Crippen LogP contribution in [0.1, 0.15) is 11.6 Å². The zero-order valence-electron chi connectivity index (χ0n) is 14.4. The lowest BCUT2D eigenvalue weighted by Crippen LogP contribution is -2.51. The molecule has 1 amide bonds. The normalized spacial score (nSPS) is 16.7. The smallest absolute Gasteiger partial charge is 0.244 e. The lowest BCUT2D eigenvalue weighted by molar-refractivity contribution is -0.134. The van der Waals surface area contributed by atoms with Gasteiger partial charge in [-0.1, -0.05) is 48.5 Å². The Bertz CT molecular complexity index is 649. The summed E-state index contributed by atoms with van der Waals surface area (Å²) in [6.07, 6.45) is 0. The van der Waals surface area contributed by atoms with Crippen LogP contribution in [0, 0.1) is 0 Å². The van der Waals surface area contributed by atoms with Gasteiger partial charge in [-0.05, 0) is 17.7 Å². The molecule has 4 nitrogen and oxygen atoms in total. The van der Waals surface area contributed by atoms with Gasteiger partial charge in [0.15, 0.2) is 0 Å². The molecule has 1 heterocycles. The molecule has 3 rings (SSSR count). The molecule has 0 saturated carbocycles. The Kier molecular flexibility index (Phi) is 5.16. The van der Waals surface area contributed by atoms with E-state index in [0.717, 1.165) is 31.7 Å². The fraction of sp³-hybridized carbons (Fsp3) is 0.350. The highest BCUT2D eigenvalue weighted by molar-refractivity contribution is 5.83. The predicted molar refractivity (Wildman–Crippen MR) is 98.1 cm³/mol. The van der Waals surface area contributed by atoms with E-state index in [9.17, 15) is 4.79 Å². The lowest BCUT2D eigenvalue weighted by Gasteiger charge is -2.40. The van der Waals surface area contributed by atoms with Gasteiger partial charge in [0.1, 0.15) is 6.04 Å². The molecule has 2 aromatic carbocycles. The first-order chi connectivity index (χ1) is 11.7. The second-order valence-electron chi connectivity index (χ2n) is 6.40. The van der Waals surface area contributed by atoms with Gasteiger partial charge in [0.25, 0.3) is 0 Å². The molecule has 126 valence electrons. The van der Waals surface area contributed by atoms with E-state index in [1.165, 1.54) is 5.69 Å². The molecule has 0 aliphatic carbocycles. The molecule has 1 atom stereocenters. The maximum atomic E-state index is 12.8. The van der Waals surface area contributed by atoms with Crippen molar-refractivity contribution in [2.45, 2.75) is 6.04 Å². The van der Waals surface area contributed by atoms with Gasteiger partial charge in [-0.3, -0.25) is 9.69 Å². The van der Waals surface area contributed by atoms with Crippen LogP contribution >= 0.6 is 0 Å². The molecule has 0 aromatic heterocycles. The summed E-state index contributed by atoms with van der Waals surface area (Å²) in [5.41, 5.74) is 2.33. The Hall–Kier alpha value is -2.33. The summed E-state index contributed by atoms with van der Waals surface area (Å²) in [6, 6.07) is 20.4. The first-order valence-corrected chi connectivity index (χ1v) is 8.47. The monoisotopic (exact) mass is 323 g/mol. The van der Waals surface area contributed by atoms with E-state index in [4.69, 9.17) is 0 Å². The van der Waals surface area contributed by atoms with E-state index in [0.29, 0.717) is 0 Å². The van der Waals surface area contributed by atoms with E-state index in [-0.39, 0.29) is 11.9 Å². The van der Waals surface area contributed by atoms with Gasteiger partial charge in [-0.25, -0.2) is 0 Å². The van der Waals surface area contributed by atoms with Crippen molar-refractivity contribution in [3.05, 3.63) is 66.2 Å². The highest BCUT2D eigenvalue weighted by atomic mass is 16.2. The van der Waals surface area contributed by atoms with Crippen LogP contribution in [0.15, 0.2) is 60.7 Å². The maximum Gasteiger partial charge on any atom is 0.244 e. The Morgan fingerprint density at radius 3 is 1.96 bits per heavy atom. The average molecular weight is 323 g/mol. The number of anilines is 1. The highest BCUT2D eigenvalue weighted by Gasteiger charge is 2.31. The van der Waals surface area contributed by atoms with Crippen molar-refractivity contribution in [3.8, 4) is 0 Å². The molecule has 0 spiro atoms. The topological polar surface area (TPSA) is 26.8 Å². The van der Waals surface area contributed by atoms with E-state index >= 15 is 0 Å². The predicted octanol–water partition coefficient (Wildman–Crippen LogP) is 2.64. The molecule has 2 aromatic rings. The van der Waals surface area contributed by atoms with Crippen molar-refractivity contribution >= 4 is 11.6 Å². The first-order valence-electron chi connectivity index (χ1n) is 8.47. The Morgan fingerprint density at radius 2 is 1.42 bits per heavy atom. The van der Waals surface area contributed by atoms with Crippen LogP contribution in [0.2, 0.25) is 0 Å². The van der Waals surface area contributed by atoms with Gasteiger partial charge in [0.2, 0.25) is 5.91 Å². The summed E-state index contributed by atoms with van der Waals surface area (Å²) in [4.78, 5) is 19.2. The third-order valence-corrected chi connectivity index (χ3v) is 4.59. The van der Waals surface area contributed by atoms with Crippen molar-refractivity contribution in [1.29, 1.82) is 0 Å². The third kappa shape index (κ3) is 3.60. The molecular formula is C20H25N3O. The molecule has 4 heteroatoms. The number of amides is 1. The number of hydrogen-bond donors (Lipinski definition) is 0. The summed E-state index contributed by atoms with van der Waals surface area (Å²) in [5.74, 6) is 0.148. The first kappa shape index (κ1) is 16.5. The highest BCUT2D eigenvalue weighted by Crippen LogP contribution is 2.25. The minimum absolute atomic E-state index is 0.148. The Labute approximate surface area is 144 Å².